The molecule has 4 heteroatoms. The zero-order valence-electron chi connectivity index (χ0n) is 6.51. The number of aromatic nitrogens is 2. The van der Waals surface area contributed by atoms with Crippen molar-refractivity contribution in [2.75, 3.05) is 0 Å². The van der Waals surface area contributed by atoms with Crippen LogP contribution in [0.1, 0.15) is 31.5 Å². The van der Waals surface area contributed by atoms with Gasteiger partial charge in [0.05, 0.1) is 5.88 Å². The fourth-order valence-corrected chi connectivity index (χ4v) is 0.883. The number of nitrogens with zero attached hydrogens (tertiary/aromatic N) is 2. The lowest BCUT2D eigenvalue weighted by molar-refractivity contribution is 0.371. The van der Waals surface area contributed by atoms with Gasteiger partial charge in [0, 0.05) is 6.42 Å². The van der Waals surface area contributed by atoms with Gasteiger partial charge in [0.1, 0.15) is 0 Å². The zero-order chi connectivity index (χ0) is 8.10. The molecule has 0 aliphatic carbocycles. The van der Waals surface area contributed by atoms with Crippen molar-refractivity contribution < 1.29 is 4.52 Å². The van der Waals surface area contributed by atoms with Gasteiger partial charge >= 0.3 is 0 Å². The quantitative estimate of drug-likeness (QED) is 0.657. The van der Waals surface area contributed by atoms with Crippen LogP contribution in [0.4, 0.5) is 0 Å². The summed E-state index contributed by atoms with van der Waals surface area (Å²) in [4.78, 5) is 4.06. The molecule has 0 amide bonds. The number of hydrogen-bond acceptors (Lipinski definition) is 3. The molecule has 0 fully saturated rings. The molecule has 0 aliphatic heterocycles. The van der Waals surface area contributed by atoms with Crippen LogP contribution in [0, 0.1) is 0 Å². The van der Waals surface area contributed by atoms with E-state index in [1.165, 1.54) is 0 Å². The Kier molecular flexibility index (Phi) is 3.36. The lowest BCUT2D eigenvalue weighted by Gasteiger charge is -1.87. The van der Waals surface area contributed by atoms with Gasteiger partial charge in [-0.25, -0.2) is 0 Å². The van der Waals surface area contributed by atoms with E-state index in [4.69, 9.17) is 16.1 Å². The molecule has 0 saturated carbocycles. The molecule has 0 aromatic carbocycles. The Hall–Kier alpha value is -0.570. The fourth-order valence-electron chi connectivity index (χ4n) is 0.774. The minimum absolute atomic E-state index is 0.329. The fraction of sp³-hybridized carbons (Fsp3) is 0.714. The summed E-state index contributed by atoms with van der Waals surface area (Å²) in [7, 11) is 0. The van der Waals surface area contributed by atoms with Gasteiger partial charge in [-0.05, 0) is 6.42 Å². The number of rotatable bonds is 4. The van der Waals surface area contributed by atoms with Crippen molar-refractivity contribution in [1.29, 1.82) is 0 Å². The SMILES string of the molecule is CCCCc1nc(CCl)no1. The van der Waals surface area contributed by atoms with E-state index in [9.17, 15) is 0 Å². The minimum Gasteiger partial charge on any atom is -0.339 e. The van der Waals surface area contributed by atoms with Crippen molar-refractivity contribution >= 4 is 11.6 Å². The number of aryl methyl sites for hydroxylation is 1. The van der Waals surface area contributed by atoms with Crippen LogP contribution in [0.15, 0.2) is 4.52 Å². The van der Waals surface area contributed by atoms with Crippen LogP contribution in [0.25, 0.3) is 0 Å². The first kappa shape index (κ1) is 8.53. The van der Waals surface area contributed by atoms with Gasteiger partial charge in [0.2, 0.25) is 5.89 Å². The molecule has 0 spiro atoms. The topological polar surface area (TPSA) is 38.9 Å². The molecule has 11 heavy (non-hydrogen) atoms. The third kappa shape index (κ3) is 2.50. The molecule has 0 radical (unpaired) electrons. The summed E-state index contributed by atoms with van der Waals surface area (Å²) in [6.07, 6.45) is 3.09. The van der Waals surface area contributed by atoms with E-state index >= 15 is 0 Å². The van der Waals surface area contributed by atoms with Gasteiger partial charge in [0.15, 0.2) is 5.82 Å². The summed E-state index contributed by atoms with van der Waals surface area (Å²) in [6, 6.07) is 0. The first-order valence-electron chi connectivity index (χ1n) is 3.74. The molecule has 1 aromatic heterocycles. The maximum absolute atomic E-state index is 5.49. The van der Waals surface area contributed by atoms with Gasteiger partial charge in [-0.2, -0.15) is 4.98 Å². The molecule has 0 atom stereocenters. The molecule has 1 heterocycles. The third-order valence-corrected chi connectivity index (χ3v) is 1.61. The molecule has 0 bridgehead atoms. The summed E-state index contributed by atoms with van der Waals surface area (Å²) in [5.41, 5.74) is 0. The maximum atomic E-state index is 5.49. The van der Waals surface area contributed by atoms with Crippen molar-refractivity contribution in [2.24, 2.45) is 0 Å². The van der Waals surface area contributed by atoms with Crippen LogP contribution in [0.2, 0.25) is 0 Å². The zero-order valence-corrected chi connectivity index (χ0v) is 7.26. The molecule has 0 N–H and O–H groups in total. The second-order valence-corrected chi connectivity index (χ2v) is 2.61. The maximum Gasteiger partial charge on any atom is 0.226 e. The van der Waals surface area contributed by atoms with Crippen LogP contribution in [0.3, 0.4) is 0 Å². The van der Waals surface area contributed by atoms with Crippen LogP contribution >= 0.6 is 11.6 Å². The van der Waals surface area contributed by atoms with Crippen LogP contribution in [-0.4, -0.2) is 10.1 Å². The van der Waals surface area contributed by atoms with Gasteiger partial charge in [-0.3, -0.25) is 0 Å². The highest BCUT2D eigenvalue weighted by Gasteiger charge is 2.02. The highest BCUT2D eigenvalue weighted by molar-refractivity contribution is 6.16. The summed E-state index contributed by atoms with van der Waals surface area (Å²) >= 11 is 5.49. The Morgan fingerprint density at radius 2 is 2.36 bits per heavy atom. The number of alkyl halides is 1. The Labute approximate surface area is 70.7 Å². The standard InChI is InChI=1S/C7H11ClN2O/c1-2-3-4-7-9-6(5-8)10-11-7/h2-5H2,1H3. The summed E-state index contributed by atoms with van der Waals surface area (Å²) in [5, 5.41) is 3.67. The normalized spacial score (nSPS) is 10.4. The lowest BCUT2D eigenvalue weighted by atomic mass is 10.2. The summed E-state index contributed by atoms with van der Waals surface area (Å²) < 4.78 is 4.91. The van der Waals surface area contributed by atoms with Crippen molar-refractivity contribution in [3.8, 4) is 0 Å². The second-order valence-electron chi connectivity index (χ2n) is 2.34. The molecule has 1 aromatic rings. The van der Waals surface area contributed by atoms with Gasteiger partial charge in [0.25, 0.3) is 0 Å². The van der Waals surface area contributed by atoms with Crippen LogP contribution in [0.5, 0.6) is 0 Å². The third-order valence-electron chi connectivity index (χ3n) is 1.37. The summed E-state index contributed by atoms with van der Waals surface area (Å²) in [5.74, 6) is 1.61. The monoisotopic (exact) mass is 174 g/mol. The predicted molar refractivity (Wildman–Crippen MR) is 42.5 cm³/mol. The van der Waals surface area contributed by atoms with E-state index in [2.05, 4.69) is 17.1 Å². The molecule has 62 valence electrons. The molecule has 3 nitrogen and oxygen atoms in total. The number of unbranched alkanes of at least 4 members (excludes halogenated alkanes) is 1. The lowest BCUT2D eigenvalue weighted by Crippen LogP contribution is -1.85. The van der Waals surface area contributed by atoms with E-state index in [1.807, 2.05) is 0 Å². The minimum atomic E-state index is 0.329. The van der Waals surface area contributed by atoms with Gasteiger partial charge in [-0.1, -0.05) is 18.5 Å². The second kappa shape index (κ2) is 4.34. The van der Waals surface area contributed by atoms with Crippen LogP contribution < -0.4 is 0 Å². The molecule has 0 aliphatic rings. The Morgan fingerprint density at radius 3 is 2.91 bits per heavy atom. The van der Waals surface area contributed by atoms with E-state index in [1.54, 1.807) is 0 Å². The molecular formula is C7H11ClN2O. The Morgan fingerprint density at radius 1 is 1.55 bits per heavy atom. The summed E-state index contributed by atoms with van der Waals surface area (Å²) in [6.45, 7) is 2.12. The Bertz CT molecular complexity index is 212. The molecule has 0 saturated heterocycles. The van der Waals surface area contributed by atoms with Crippen LogP contribution in [-0.2, 0) is 12.3 Å². The molecular weight excluding hydrogens is 164 g/mol. The number of halogens is 1. The average molecular weight is 175 g/mol. The molecule has 0 unspecified atom stereocenters. The van der Waals surface area contributed by atoms with E-state index in [0.29, 0.717) is 17.6 Å². The first-order valence-corrected chi connectivity index (χ1v) is 4.27. The molecule has 1 rings (SSSR count). The number of hydrogen-bond donors (Lipinski definition) is 0. The van der Waals surface area contributed by atoms with Crippen molar-refractivity contribution in [2.45, 2.75) is 32.1 Å². The average Bonchev–Trinajstić information content (AvgIpc) is 2.48. The van der Waals surface area contributed by atoms with E-state index in [0.717, 1.165) is 19.3 Å². The van der Waals surface area contributed by atoms with E-state index < -0.39 is 0 Å². The largest absolute Gasteiger partial charge is 0.339 e. The predicted octanol–water partition coefficient (Wildman–Crippen LogP) is 2.15. The van der Waals surface area contributed by atoms with Gasteiger partial charge in [-0.15, -0.1) is 11.6 Å². The van der Waals surface area contributed by atoms with Crippen molar-refractivity contribution in [3.05, 3.63) is 11.7 Å². The Balaban J connectivity index is 2.44. The van der Waals surface area contributed by atoms with Crippen molar-refractivity contribution in [3.63, 3.8) is 0 Å². The highest BCUT2D eigenvalue weighted by atomic mass is 35.5. The van der Waals surface area contributed by atoms with Crippen molar-refractivity contribution in [1.82, 2.24) is 10.1 Å². The van der Waals surface area contributed by atoms with E-state index in [-0.39, 0.29) is 0 Å². The van der Waals surface area contributed by atoms with Gasteiger partial charge < -0.3 is 4.52 Å². The first-order chi connectivity index (χ1) is 5.36. The highest BCUT2D eigenvalue weighted by Crippen LogP contribution is 2.03. The smallest absolute Gasteiger partial charge is 0.226 e.